The van der Waals surface area contributed by atoms with Gasteiger partial charge >= 0.3 is 11.9 Å². The molecule has 12 heteroatoms. The molecular formula is C29H44ClN5O6. The number of methoxy groups -OCH3 is 1. The first-order chi connectivity index (χ1) is 19.1. The molecular weight excluding hydrogens is 550 g/mol. The average Bonchev–Trinajstić information content (AvgIpc) is 2.92. The molecule has 228 valence electrons. The minimum atomic E-state index is -0.909. The molecule has 7 N–H and O–H groups in total. The summed E-state index contributed by atoms with van der Waals surface area (Å²) in [5, 5.41) is 5.42. The van der Waals surface area contributed by atoms with Crippen LogP contribution in [0.4, 0.5) is 0 Å². The SMILES string of the molecule is C=CCOc1ccc(C[C@H](NC(C)=O)C(=O)C[C@@H](CCCCC[NH+]=C(N)N)C(=O)N[C@@H](CC=C)C(=O)OC)cc1.[Cl-]. The zero-order valence-electron chi connectivity index (χ0n) is 24.0. The van der Waals surface area contributed by atoms with Gasteiger partial charge in [-0.05, 0) is 43.4 Å². The number of benzene rings is 1. The van der Waals surface area contributed by atoms with E-state index >= 15 is 0 Å². The molecule has 2 amide bonds. The summed E-state index contributed by atoms with van der Waals surface area (Å²) >= 11 is 0. The zero-order chi connectivity index (χ0) is 29.9. The van der Waals surface area contributed by atoms with Gasteiger partial charge in [-0.1, -0.05) is 43.7 Å². The van der Waals surface area contributed by atoms with Crippen LogP contribution in [0.5, 0.6) is 5.75 Å². The fourth-order valence-corrected chi connectivity index (χ4v) is 4.05. The lowest BCUT2D eigenvalue weighted by molar-refractivity contribution is -0.459. The number of guanidine groups is 1. The minimum Gasteiger partial charge on any atom is -1.00 e. The van der Waals surface area contributed by atoms with Gasteiger partial charge in [0, 0.05) is 19.3 Å². The lowest BCUT2D eigenvalue weighted by atomic mass is 9.90. The van der Waals surface area contributed by atoms with Crippen molar-refractivity contribution in [2.45, 2.75) is 64.0 Å². The second-order valence-corrected chi connectivity index (χ2v) is 9.41. The molecule has 0 heterocycles. The van der Waals surface area contributed by atoms with Gasteiger partial charge < -0.3 is 32.5 Å². The Bertz CT molecular complexity index is 1030. The van der Waals surface area contributed by atoms with E-state index in [1.54, 1.807) is 18.2 Å². The Hall–Kier alpha value is -3.86. The molecule has 0 saturated heterocycles. The van der Waals surface area contributed by atoms with Crippen molar-refractivity contribution in [1.29, 1.82) is 0 Å². The summed E-state index contributed by atoms with van der Waals surface area (Å²) in [7, 11) is 1.24. The summed E-state index contributed by atoms with van der Waals surface area (Å²) in [5.41, 5.74) is 11.6. The van der Waals surface area contributed by atoms with E-state index in [9.17, 15) is 19.2 Å². The number of nitrogens with two attached hydrogens (primary N) is 2. The van der Waals surface area contributed by atoms with E-state index in [0.717, 1.165) is 18.4 Å². The molecule has 0 aliphatic carbocycles. The van der Waals surface area contributed by atoms with Crippen LogP contribution in [0.25, 0.3) is 0 Å². The molecule has 0 aromatic heterocycles. The largest absolute Gasteiger partial charge is 1.00 e. The average molecular weight is 594 g/mol. The topological polar surface area (TPSA) is 177 Å². The highest BCUT2D eigenvalue weighted by Gasteiger charge is 2.30. The van der Waals surface area contributed by atoms with Crippen LogP contribution in [-0.4, -0.2) is 61.9 Å². The number of rotatable bonds is 20. The number of hydrogen-bond donors (Lipinski definition) is 5. The Kier molecular flexibility index (Phi) is 19.0. The number of carbonyl (C=O) groups excluding carboxylic acids is 4. The molecule has 0 unspecified atom stereocenters. The summed E-state index contributed by atoms with van der Waals surface area (Å²) in [5.74, 6) is -1.59. The highest BCUT2D eigenvalue weighted by Crippen LogP contribution is 2.19. The summed E-state index contributed by atoms with van der Waals surface area (Å²) in [4.78, 5) is 53.6. The first kappa shape index (κ1) is 37.1. The lowest BCUT2D eigenvalue weighted by Crippen LogP contribution is -3.00. The Balaban J connectivity index is 0.0000160. The molecule has 11 nitrogen and oxygen atoms in total. The smallest absolute Gasteiger partial charge is 0.338 e. The quantitative estimate of drug-likeness (QED) is 0.0350. The zero-order valence-corrected chi connectivity index (χ0v) is 24.7. The maximum atomic E-state index is 13.4. The van der Waals surface area contributed by atoms with E-state index in [1.807, 2.05) is 12.1 Å². The normalized spacial score (nSPS) is 12.3. The van der Waals surface area contributed by atoms with Crippen LogP contribution < -0.4 is 44.2 Å². The number of unbranched alkanes of at least 4 members (excludes halogenated alkanes) is 2. The predicted molar refractivity (Wildman–Crippen MR) is 153 cm³/mol. The van der Waals surface area contributed by atoms with Crippen LogP contribution in [0.15, 0.2) is 49.6 Å². The first-order valence-corrected chi connectivity index (χ1v) is 13.3. The molecule has 1 aromatic rings. The van der Waals surface area contributed by atoms with Crippen LogP contribution in [0, 0.1) is 5.92 Å². The van der Waals surface area contributed by atoms with E-state index in [-0.39, 0.29) is 49.3 Å². The number of esters is 1. The van der Waals surface area contributed by atoms with Gasteiger partial charge in [0.2, 0.25) is 11.8 Å². The molecule has 0 fully saturated rings. The van der Waals surface area contributed by atoms with E-state index < -0.39 is 29.9 Å². The third-order valence-electron chi connectivity index (χ3n) is 6.08. The molecule has 0 aliphatic rings. The minimum absolute atomic E-state index is 0. The number of halogens is 1. The Morgan fingerprint density at radius 3 is 2.24 bits per heavy atom. The van der Waals surface area contributed by atoms with Gasteiger partial charge in [0.1, 0.15) is 18.4 Å². The van der Waals surface area contributed by atoms with Crippen LogP contribution >= 0.6 is 0 Å². The highest BCUT2D eigenvalue weighted by molar-refractivity contribution is 5.93. The van der Waals surface area contributed by atoms with Crippen molar-refractivity contribution >= 4 is 29.5 Å². The van der Waals surface area contributed by atoms with E-state index in [0.29, 0.717) is 31.7 Å². The van der Waals surface area contributed by atoms with Crippen LogP contribution in [0.1, 0.15) is 51.0 Å². The van der Waals surface area contributed by atoms with Gasteiger partial charge in [-0.3, -0.25) is 30.8 Å². The van der Waals surface area contributed by atoms with Gasteiger partial charge in [0.25, 0.3) is 0 Å². The Morgan fingerprint density at radius 2 is 1.68 bits per heavy atom. The second-order valence-electron chi connectivity index (χ2n) is 9.41. The fraction of sp³-hybridized carbons (Fsp3) is 0.483. The highest BCUT2D eigenvalue weighted by atomic mass is 35.5. The summed E-state index contributed by atoms with van der Waals surface area (Å²) in [6.45, 7) is 9.55. The number of Topliss-reactive ketones (excluding diaryl/α,β-unsaturated/α-hetero) is 1. The van der Waals surface area contributed by atoms with Crippen molar-refractivity contribution in [3.8, 4) is 5.75 Å². The predicted octanol–water partition coefficient (Wildman–Crippen LogP) is -2.97. The lowest BCUT2D eigenvalue weighted by Gasteiger charge is -2.23. The van der Waals surface area contributed by atoms with Crippen molar-refractivity contribution in [2.75, 3.05) is 20.3 Å². The van der Waals surface area contributed by atoms with Gasteiger partial charge in [0.05, 0.1) is 19.7 Å². The van der Waals surface area contributed by atoms with Gasteiger partial charge in [0.15, 0.2) is 5.78 Å². The maximum Gasteiger partial charge on any atom is 0.338 e. The maximum absolute atomic E-state index is 13.4. The van der Waals surface area contributed by atoms with Crippen LogP contribution in [0.2, 0.25) is 0 Å². The monoisotopic (exact) mass is 593 g/mol. The van der Waals surface area contributed by atoms with Gasteiger partial charge in [-0.2, -0.15) is 0 Å². The first-order valence-electron chi connectivity index (χ1n) is 13.3. The molecule has 1 rings (SSSR count). The van der Waals surface area contributed by atoms with E-state index in [1.165, 1.54) is 20.1 Å². The number of ketones is 1. The van der Waals surface area contributed by atoms with E-state index in [4.69, 9.17) is 20.9 Å². The molecule has 3 atom stereocenters. The number of hydrogen-bond acceptors (Lipinski definition) is 6. The van der Waals surface area contributed by atoms with Crippen LogP contribution in [0.3, 0.4) is 0 Å². The van der Waals surface area contributed by atoms with Crippen molar-refractivity contribution in [2.24, 2.45) is 17.4 Å². The number of carbonyl (C=O) groups is 4. The van der Waals surface area contributed by atoms with Crippen molar-refractivity contribution < 1.29 is 46.1 Å². The standard InChI is InChI=1S/C29H43N5O6.ClH/c1-5-10-24(28(38)39-4)34-27(37)22(11-8-7-9-16-32-29(30)31)19-26(36)25(33-20(3)35)18-21-12-14-23(15-13-21)40-17-6-2;/h5-6,12-15,22,24-25H,1-2,7-11,16-19H2,3-4H3,(H,33,35)(H,34,37)(H4,30,31,32);1H/t22-,24+,25+;/m1./s1. The Morgan fingerprint density at radius 1 is 1.00 bits per heavy atom. The van der Waals surface area contributed by atoms with Gasteiger partial charge in [-0.15, -0.1) is 6.58 Å². The molecule has 41 heavy (non-hydrogen) atoms. The molecule has 0 bridgehead atoms. The number of ether oxygens (including phenoxy) is 2. The Labute approximate surface area is 248 Å². The third kappa shape index (κ3) is 15.5. The molecule has 1 aromatic carbocycles. The summed E-state index contributed by atoms with van der Waals surface area (Å²) in [6, 6.07) is 5.46. The molecule has 0 spiro atoms. The summed E-state index contributed by atoms with van der Waals surface area (Å²) in [6.07, 6.45) is 6.06. The second kappa shape index (κ2) is 21.0. The van der Waals surface area contributed by atoms with Crippen molar-refractivity contribution in [1.82, 2.24) is 10.6 Å². The molecule has 0 aliphatic heterocycles. The third-order valence-corrected chi connectivity index (χ3v) is 6.08. The van der Waals surface area contributed by atoms with Crippen molar-refractivity contribution in [3.63, 3.8) is 0 Å². The number of amides is 2. The van der Waals surface area contributed by atoms with E-state index in [2.05, 4.69) is 28.8 Å². The number of nitrogens with one attached hydrogen (secondary N) is 3. The van der Waals surface area contributed by atoms with Crippen LogP contribution in [-0.2, 0) is 30.3 Å². The fourth-order valence-electron chi connectivity index (χ4n) is 4.05. The summed E-state index contributed by atoms with van der Waals surface area (Å²) < 4.78 is 10.3. The van der Waals surface area contributed by atoms with Gasteiger partial charge in [-0.25, -0.2) is 4.79 Å². The molecule has 0 radical (unpaired) electrons. The molecule has 0 saturated carbocycles. The van der Waals surface area contributed by atoms with Crippen molar-refractivity contribution in [3.05, 3.63) is 55.1 Å².